The van der Waals surface area contributed by atoms with E-state index in [0.717, 1.165) is 43.9 Å². The SMILES string of the molecule is CCCCCCCCN1C(=O)CC(=O)N=C1SCC(=O)Nc1ccc(C)c(S(=O)(=O)NC)c1. The molecule has 1 heterocycles. The van der Waals surface area contributed by atoms with Crippen molar-refractivity contribution in [3.63, 3.8) is 0 Å². The number of sulfonamides is 1. The van der Waals surface area contributed by atoms with Gasteiger partial charge in [-0.05, 0) is 38.1 Å². The molecular formula is C22H32N4O5S2. The van der Waals surface area contributed by atoms with Gasteiger partial charge in [0.2, 0.25) is 21.8 Å². The molecule has 182 valence electrons. The molecule has 0 unspecified atom stereocenters. The molecule has 3 amide bonds. The highest BCUT2D eigenvalue weighted by atomic mass is 32.2. The van der Waals surface area contributed by atoms with Gasteiger partial charge in [-0.15, -0.1) is 0 Å². The van der Waals surface area contributed by atoms with E-state index in [1.165, 1.54) is 24.4 Å². The van der Waals surface area contributed by atoms with Crippen LogP contribution in [0.15, 0.2) is 28.1 Å². The fraction of sp³-hybridized carbons (Fsp3) is 0.545. The Morgan fingerprint density at radius 1 is 1.15 bits per heavy atom. The fourth-order valence-corrected chi connectivity index (χ4v) is 5.16. The lowest BCUT2D eigenvalue weighted by Crippen LogP contribution is -2.41. The lowest BCUT2D eigenvalue weighted by atomic mass is 10.1. The third kappa shape index (κ3) is 8.24. The van der Waals surface area contributed by atoms with E-state index in [-0.39, 0.29) is 28.1 Å². The summed E-state index contributed by atoms with van der Waals surface area (Å²) < 4.78 is 26.5. The van der Waals surface area contributed by atoms with Gasteiger partial charge >= 0.3 is 0 Å². The molecule has 1 aliphatic heterocycles. The summed E-state index contributed by atoms with van der Waals surface area (Å²) in [7, 11) is -2.34. The number of thioether (sulfide) groups is 1. The number of nitrogens with one attached hydrogen (secondary N) is 2. The summed E-state index contributed by atoms with van der Waals surface area (Å²) >= 11 is 1.02. The minimum Gasteiger partial charge on any atom is -0.325 e. The molecule has 33 heavy (non-hydrogen) atoms. The third-order valence-electron chi connectivity index (χ3n) is 5.15. The maximum Gasteiger partial charge on any atom is 0.257 e. The molecule has 1 aromatic rings. The highest BCUT2D eigenvalue weighted by molar-refractivity contribution is 8.14. The van der Waals surface area contributed by atoms with E-state index >= 15 is 0 Å². The number of aryl methyl sites for hydroxylation is 1. The van der Waals surface area contributed by atoms with Crippen LogP contribution in [0.1, 0.15) is 57.4 Å². The van der Waals surface area contributed by atoms with Crippen molar-refractivity contribution >= 4 is 50.4 Å². The molecule has 2 rings (SSSR count). The van der Waals surface area contributed by atoms with E-state index < -0.39 is 21.8 Å². The Labute approximate surface area is 199 Å². The van der Waals surface area contributed by atoms with E-state index in [9.17, 15) is 22.8 Å². The minimum absolute atomic E-state index is 0.0750. The van der Waals surface area contributed by atoms with Gasteiger partial charge < -0.3 is 5.32 Å². The van der Waals surface area contributed by atoms with E-state index in [4.69, 9.17) is 0 Å². The number of amides is 3. The van der Waals surface area contributed by atoms with Gasteiger partial charge in [0, 0.05) is 12.2 Å². The second-order valence-corrected chi connectivity index (χ2v) is 10.6. The van der Waals surface area contributed by atoms with Gasteiger partial charge in [-0.1, -0.05) is 56.9 Å². The van der Waals surface area contributed by atoms with Gasteiger partial charge in [0.1, 0.15) is 6.42 Å². The van der Waals surface area contributed by atoms with Gasteiger partial charge in [-0.3, -0.25) is 19.3 Å². The van der Waals surface area contributed by atoms with Crippen molar-refractivity contribution in [1.82, 2.24) is 9.62 Å². The number of aliphatic imine (C=N–C) groups is 1. The zero-order chi connectivity index (χ0) is 24.4. The van der Waals surface area contributed by atoms with Crippen LogP contribution in [0.2, 0.25) is 0 Å². The molecule has 0 aliphatic carbocycles. The van der Waals surface area contributed by atoms with Crippen LogP contribution in [-0.2, 0) is 24.4 Å². The van der Waals surface area contributed by atoms with Crippen molar-refractivity contribution < 1.29 is 22.8 Å². The number of nitrogens with zero attached hydrogens (tertiary/aromatic N) is 2. The van der Waals surface area contributed by atoms with Crippen LogP contribution in [0.3, 0.4) is 0 Å². The molecule has 0 bridgehead atoms. The predicted octanol–water partition coefficient (Wildman–Crippen LogP) is 3.05. The van der Waals surface area contributed by atoms with Crippen LogP contribution in [0.5, 0.6) is 0 Å². The maximum absolute atomic E-state index is 12.5. The first-order valence-electron chi connectivity index (χ1n) is 11.1. The van der Waals surface area contributed by atoms with Gasteiger partial charge in [0.25, 0.3) is 5.91 Å². The number of hydrogen-bond donors (Lipinski definition) is 2. The Morgan fingerprint density at radius 3 is 2.55 bits per heavy atom. The Balaban J connectivity index is 1.97. The summed E-state index contributed by atoms with van der Waals surface area (Å²) in [5.74, 6) is -1.28. The summed E-state index contributed by atoms with van der Waals surface area (Å²) in [6.07, 6.45) is 6.16. The Bertz CT molecular complexity index is 1010. The van der Waals surface area contributed by atoms with Crippen LogP contribution in [0, 0.1) is 6.92 Å². The molecule has 0 saturated carbocycles. The summed E-state index contributed by atoms with van der Waals surface area (Å²) in [4.78, 5) is 42.1. The van der Waals surface area contributed by atoms with Crippen molar-refractivity contribution in [1.29, 1.82) is 0 Å². The predicted molar refractivity (Wildman–Crippen MR) is 131 cm³/mol. The molecule has 2 N–H and O–H groups in total. The average Bonchev–Trinajstić information content (AvgIpc) is 2.77. The molecule has 9 nitrogen and oxygen atoms in total. The van der Waals surface area contributed by atoms with Crippen LogP contribution in [0.25, 0.3) is 0 Å². The van der Waals surface area contributed by atoms with Crippen LogP contribution >= 0.6 is 11.8 Å². The van der Waals surface area contributed by atoms with Crippen molar-refractivity contribution in [2.24, 2.45) is 4.99 Å². The topological polar surface area (TPSA) is 125 Å². The molecule has 1 aromatic carbocycles. The largest absolute Gasteiger partial charge is 0.325 e. The van der Waals surface area contributed by atoms with E-state index in [2.05, 4.69) is 22.0 Å². The molecule has 1 aliphatic rings. The Kier molecular flexibility index (Phi) is 10.5. The van der Waals surface area contributed by atoms with Gasteiger partial charge in [-0.2, -0.15) is 4.99 Å². The highest BCUT2D eigenvalue weighted by Crippen LogP contribution is 2.21. The normalized spacial score (nSPS) is 14.4. The Morgan fingerprint density at radius 2 is 1.85 bits per heavy atom. The summed E-state index contributed by atoms with van der Waals surface area (Å²) in [6.45, 7) is 4.29. The zero-order valence-corrected chi connectivity index (χ0v) is 21.0. The molecule has 0 saturated heterocycles. The standard InChI is InChI=1S/C22H32N4O5S2/c1-4-5-6-7-8-9-12-26-21(29)14-19(27)25-22(26)32-15-20(28)24-17-11-10-16(2)18(13-17)33(30,31)23-3/h10-11,13,23H,4-9,12,14-15H2,1-3H3,(H,24,28). The molecule has 11 heteroatoms. The monoisotopic (exact) mass is 496 g/mol. The number of benzene rings is 1. The van der Waals surface area contributed by atoms with Crippen LogP contribution < -0.4 is 10.0 Å². The smallest absolute Gasteiger partial charge is 0.257 e. The molecule has 0 aromatic heterocycles. The number of carbonyl (C=O) groups excluding carboxylic acids is 3. The molecular weight excluding hydrogens is 464 g/mol. The van der Waals surface area contributed by atoms with Gasteiger partial charge in [0.15, 0.2) is 5.17 Å². The third-order valence-corrected chi connectivity index (χ3v) is 7.69. The van der Waals surface area contributed by atoms with E-state index in [1.807, 2.05) is 0 Å². The van der Waals surface area contributed by atoms with Crippen molar-refractivity contribution in [2.45, 2.75) is 63.7 Å². The lowest BCUT2D eigenvalue weighted by molar-refractivity contribution is -0.133. The average molecular weight is 497 g/mol. The maximum atomic E-state index is 12.5. The van der Waals surface area contributed by atoms with Crippen LogP contribution in [-0.4, -0.2) is 55.6 Å². The molecule has 0 atom stereocenters. The molecule has 0 fully saturated rings. The lowest BCUT2D eigenvalue weighted by Gasteiger charge is -2.26. The van der Waals surface area contributed by atoms with Gasteiger partial charge in [0.05, 0.1) is 10.6 Å². The number of amidine groups is 1. The summed E-state index contributed by atoms with van der Waals surface area (Å²) in [6, 6.07) is 4.61. The molecule has 0 spiro atoms. The number of anilines is 1. The number of carbonyl (C=O) groups is 3. The summed E-state index contributed by atoms with van der Waals surface area (Å²) in [5, 5.41) is 2.90. The van der Waals surface area contributed by atoms with Crippen molar-refractivity contribution in [3.05, 3.63) is 23.8 Å². The number of hydrogen-bond acceptors (Lipinski definition) is 6. The first-order chi connectivity index (χ1) is 15.7. The first kappa shape index (κ1) is 27.0. The van der Waals surface area contributed by atoms with E-state index in [1.54, 1.807) is 19.1 Å². The minimum atomic E-state index is -3.66. The van der Waals surface area contributed by atoms with E-state index in [0.29, 0.717) is 17.8 Å². The van der Waals surface area contributed by atoms with Crippen molar-refractivity contribution in [3.8, 4) is 0 Å². The number of unbranched alkanes of at least 4 members (excludes halogenated alkanes) is 5. The first-order valence-corrected chi connectivity index (χ1v) is 13.5. The fourth-order valence-electron chi connectivity index (χ4n) is 3.32. The zero-order valence-electron chi connectivity index (χ0n) is 19.3. The number of rotatable bonds is 12. The second kappa shape index (κ2) is 12.9. The molecule has 0 radical (unpaired) electrons. The highest BCUT2D eigenvalue weighted by Gasteiger charge is 2.28. The van der Waals surface area contributed by atoms with Gasteiger partial charge in [-0.25, -0.2) is 13.1 Å². The second-order valence-electron chi connectivity index (χ2n) is 7.80. The van der Waals surface area contributed by atoms with Crippen molar-refractivity contribution in [2.75, 3.05) is 24.7 Å². The summed E-state index contributed by atoms with van der Waals surface area (Å²) in [5.41, 5.74) is 0.886. The Hall–Kier alpha value is -2.24. The quantitative estimate of drug-likeness (QED) is 0.338. The van der Waals surface area contributed by atoms with Crippen LogP contribution in [0.4, 0.5) is 5.69 Å².